The van der Waals surface area contributed by atoms with E-state index < -0.39 is 84.0 Å². The van der Waals surface area contributed by atoms with Crippen molar-refractivity contribution in [3.05, 3.63) is 44.9 Å². The molecule has 2 fully saturated rings. The maximum absolute atomic E-state index is 13.8. The Balaban J connectivity index is 1.47. The Hall–Kier alpha value is -3.61. The van der Waals surface area contributed by atoms with Crippen LogP contribution in [0.2, 0.25) is 0 Å². The molecule has 17 heteroatoms. The number of hydrogen-bond donors (Lipinski definition) is 7. The maximum Gasteiger partial charge on any atom is 0.330 e. The molecule has 3 amide bonds. The van der Waals surface area contributed by atoms with Crippen molar-refractivity contribution in [2.45, 2.75) is 159 Å². The first-order chi connectivity index (χ1) is 25.4. The van der Waals surface area contributed by atoms with Gasteiger partial charge in [-0.3, -0.25) is 28.7 Å². The molecule has 0 bridgehead atoms. The third kappa shape index (κ3) is 11.7. The fourth-order valence-corrected chi connectivity index (χ4v) is 6.84. The van der Waals surface area contributed by atoms with Crippen molar-refractivity contribution < 1.29 is 48.7 Å². The van der Waals surface area contributed by atoms with Crippen molar-refractivity contribution >= 4 is 17.7 Å². The van der Waals surface area contributed by atoms with Crippen LogP contribution in [0.5, 0.6) is 0 Å². The molecule has 4 rings (SSSR count). The third-order valence-corrected chi connectivity index (χ3v) is 9.87. The van der Waals surface area contributed by atoms with Crippen LogP contribution in [0, 0.1) is 0 Å². The van der Waals surface area contributed by atoms with Gasteiger partial charge in [0.2, 0.25) is 12.2 Å². The number of aromatic nitrogens is 2. The van der Waals surface area contributed by atoms with Gasteiger partial charge in [-0.1, -0.05) is 64.7 Å². The molecule has 1 aromatic heterocycles. The number of carbonyl (C=O) groups excluding carboxylic acids is 3. The van der Waals surface area contributed by atoms with Gasteiger partial charge >= 0.3 is 5.69 Å². The molecule has 0 spiro atoms. The van der Waals surface area contributed by atoms with E-state index in [2.05, 4.69) is 27.9 Å². The molecular formula is C36H57N5O12. The second-order valence-electron chi connectivity index (χ2n) is 14.1. The fraction of sp³-hybridized carbons (Fsp3) is 0.750. The van der Waals surface area contributed by atoms with E-state index in [-0.39, 0.29) is 18.5 Å². The Morgan fingerprint density at radius 3 is 2.34 bits per heavy atom. The largest absolute Gasteiger partial charge is 0.456 e. The third-order valence-electron chi connectivity index (χ3n) is 9.87. The normalized spacial score (nSPS) is 29.4. The zero-order chi connectivity index (χ0) is 38.5. The van der Waals surface area contributed by atoms with Gasteiger partial charge in [-0.15, -0.1) is 0 Å². The van der Waals surface area contributed by atoms with E-state index in [1.54, 1.807) is 0 Å². The summed E-state index contributed by atoms with van der Waals surface area (Å²) in [6.45, 7) is 4.31. The van der Waals surface area contributed by atoms with Crippen LogP contribution in [-0.4, -0.2) is 111 Å². The number of H-pyrrole nitrogens is 1. The highest BCUT2D eigenvalue weighted by Crippen LogP contribution is 2.34. The Bertz CT molecular complexity index is 1500. The zero-order valence-corrected chi connectivity index (χ0v) is 30.9. The van der Waals surface area contributed by atoms with Crippen LogP contribution < -0.4 is 27.2 Å². The van der Waals surface area contributed by atoms with Crippen LogP contribution in [0.3, 0.4) is 0 Å². The molecule has 1 aromatic rings. The van der Waals surface area contributed by atoms with Crippen LogP contribution >= 0.6 is 0 Å². The predicted octanol–water partition coefficient (Wildman–Crippen LogP) is 0.368. The number of nitrogens with one attached hydrogen (secondary N) is 4. The van der Waals surface area contributed by atoms with Crippen LogP contribution in [0.4, 0.5) is 0 Å². The second-order valence-corrected chi connectivity index (χ2v) is 14.1. The van der Waals surface area contributed by atoms with Gasteiger partial charge < -0.3 is 50.2 Å². The topological polar surface area (TPSA) is 240 Å². The minimum atomic E-state index is -1.81. The van der Waals surface area contributed by atoms with E-state index in [4.69, 9.17) is 18.9 Å². The monoisotopic (exact) mass is 751 g/mol. The zero-order valence-electron chi connectivity index (χ0n) is 30.9. The first kappa shape index (κ1) is 42.1. The standard InChI is InChI=1S/C36H57N5O12/c1-4-5-6-7-8-9-10-11-12-13-18-37-33(48)30(29-28(50-3)27(45)34(52-29)41-19-17-25(43)40-36(41)49)53-35-26(44)23(42)20-24(51-35)32(47)39-22-16-14-15-21(2)38-31(22)46/h17,19-23,26-30,34-35,42,44-45H,4-16,18H2,1-3H3,(H,37,48)(H,38,46)(H,39,47)(H,40,43,49). The fourth-order valence-electron chi connectivity index (χ4n) is 6.84. The van der Waals surface area contributed by atoms with E-state index in [9.17, 15) is 39.3 Å². The molecule has 0 saturated carbocycles. The summed E-state index contributed by atoms with van der Waals surface area (Å²) < 4.78 is 24.2. The number of hydrogen-bond acceptors (Lipinski definition) is 12. The minimum absolute atomic E-state index is 0.0628. The van der Waals surface area contributed by atoms with E-state index >= 15 is 0 Å². The Labute approximate surface area is 308 Å². The van der Waals surface area contributed by atoms with Crippen LogP contribution in [0.15, 0.2) is 33.7 Å². The number of aromatic amines is 1. The van der Waals surface area contributed by atoms with Crippen molar-refractivity contribution in [1.29, 1.82) is 0 Å². The van der Waals surface area contributed by atoms with Crippen molar-refractivity contribution in [3.8, 4) is 0 Å². The van der Waals surface area contributed by atoms with E-state index in [1.807, 2.05) is 6.92 Å². The highest BCUT2D eigenvalue weighted by molar-refractivity contribution is 5.95. The number of amides is 3. The molecule has 2 saturated heterocycles. The molecule has 10 atom stereocenters. The predicted molar refractivity (Wildman–Crippen MR) is 190 cm³/mol. The van der Waals surface area contributed by atoms with E-state index in [0.717, 1.165) is 55.0 Å². The number of aliphatic hydroxyl groups excluding tert-OH is 3. The SMILES string of the molecule is CCCCCCCCCCCCNC(=O)C(OC1OC(C(=O)NC2CCCC(C)NC2=O)=CC(O)C1O)C1OC(n2ccc(=O)[nH]c2=O)C(O)C1OC. The van der Waals surface area contributed by atoms with Crippen molar-refractivity contribution in [3.63, 3.8) is 0 Å². The number of carbonyl (C=O) groups is 3. The summed E-state index contributed by atoms with van der Waals surface area (Å²) in [5, 5.41) is 41.0. The van der Waals surface area contributed by atoms with Gasteiger partial charge in [0, 0.05) is 32.0 Å². The summed E-state index contributed by atoms with van der Waals surface area (Å²) in [6, 6.07) is 0.131. The van der Waals surface area contributed by atoms with Gasteiger partial charge in [0.25, 0.3) is 17.4 Å². The summed E-state index contributed by atoms with van der Waals surface area (Å²) in [7, 11) is 1.26. The van der Waals surface area contributed by atoms with Gasteiger partial charge in [0.15, 0.2) is 18.1 Å². The second kappa shape index (κ2) is 20.7. The van der Waals surface area contributed by atoms with Crippen LogP contribution in [0.25, 0.3) is 0 Å². The maximum atomic E-state index is 13.8. The van der Waals surface area contributed by atoms with Gasteiger partial charge in [0.1, 0.15) is 36.6 Å². The van der Waals surface area contributed by atoms with Gasteiger partial charge in [0.05, 0.1) is 0 Å². The molecule has 4 heterocycles. The molecule has 3 aliphatic rings. The smallest absolute Gasteiger partial charge is 0.330 e. The van der Waals surface area contributed by atoms with Gasteiger partial charge in [-0.2, -0.15) is 0 Å². The summed E-state index contributed by atoms with van der Waals surface area (Å²) >= 11 is 0. The van der Waals surface area contributed by atoms with E-state index in [0.29, 0.717) is 19.3 Å². The summed E-state index contributed by atoms with van der Waals surface area (Å²) in [4.78, 5) is 66.1. The first-order valence-electron chi connectivity index (χ1n) is 18.9. The average molecular weight is 752 g/mol. The quantitative estimate of drug-likeness (QED) is 0.0950. The molecular weight excluding hydrogens is 694 g/mol. The summed E-state index contributed by atoms with van der Waals surface area (Å²) in [5.41, 5.74) is -1.55. The lowest BCUT2D eigenvalue weighted by Crippen LogP contribution is -2.55. The Morgan fingerprint density at radius 2 is 1.68 bits per heavy atom. The molecule has 7 N–H and O–H groups in total. The highest BCUT2D eigenvalue weighted by atomic mass is 16.7. The Kier molecular flexibility index (Phi) is 16.5. The number of aliphatic hydroxyl groups is 3. The van der Waals surface area contributed by atoms with Crippen molar-refractivity contribution in [1.82, 2.24) is 25.5 Å². The average Bonchev–Trinajstić information content (AvgIpc) is 3.35. The minimum Gasteiger partial charge on any atom is -0.456 e. The molecule has 0 aromatic carbocycles. The lowest BCUT2D eigenvalue weighted by molar-refractivity contribution is -0.242. The summed E-state index contributed by atoms with van der Waals surface area (Å²) in [5.74, 6) is -2.40. The summed E-state index contributed by atoms with van der Waals surface area (Å²) in [6.07, 6.45) is 2.24. The lowest BCUT2D eigenvalue weighted by atomic mass is 10.0. The molecule has 0 radical (unpaired) electrons. The lowest BCUT2D eigenvalue weighted by Gasteiger charge is -2.35. The number of methoxy groups -OCH3 is 1. The number of rotatable bonds is 19. The highest BCUT2D eigenvalue weighted by Gasteiger charge is 2.53. The van der Waals surface area contributed by atoms with Crippen molar-refractivity contribution in [2.24, 2.45) is 0 Å². The number of ether oxygens (including phenoxy) is 4. The number of unbranched alkanes of at least 4 members (excludes halogenated alkanes) is 9. The van der Waals surface area contributed by atoms with Crippen molar-refractivity contribution in [2.75, 3.05) is 13.7 Å². The van der Waals surface area contributed by atoms with Crippen LogP contribution in [-0.2, 0) is 33.3 Å². The molecule has 17 nitrogen and oxygen atoms in total. The van der Waals surface area contributed by atoms with Gasteiger partial charge in [-0.05, 0) is 38.7 Å². The van der Waals surface area contributed by atoms with Crippen LogP contribution in [0.1, 0.15) is 104 Å². The van der Waals surface area contributed by atoms with Gasteiger partial charge in [-0.25, -0.2) is 4.79 Å². The Morgan fingerprint density at radius 1 is 1.00 bits per heavy atom. The molecule has 3 aliphatic heterocycles. The first-order valence-corrected chi connectivity index (χ1v) is 18.9. The molecule has 0 aliphatic carbocycles. The molecule has 53 heavy (non-hydrogen) atoms. The molecule has 298 valence electrons. The van der Waals surface area contributed by atoms with E-state index in [1.165, 1.54) is 39.2 Å². The number of nitrogens with zero attached hydrogens (tertiary/aromatic N) is 1. The molecule has 10 unspecified atom stereocenters.